The molecule has 0 fully saturated rings. The Kier molecular flexibility index (Phi) is 6.33. The Morgan fingerprint density at radius 2 is 0.887 bits per heavy atom. The van der Waals surface area contributed by atoms with Crippen LogP contribution in [0.25, 0.3) is 88.4 Å². The third-order valence-corrected chi connectivity index (χ3v) is 11.7. The van der Waals surface area contributed by atoms with Crippen LogP contribution in [0.2, 0.25) is 0 Å². The van der Waals surface area contributed by atoms with Gasteiger partial charge < -0.3 is 9.13 Å². The summed E-state index contributed by atoms with van der Waals surface area (Å²) in [5.74, 6) is 0. The lowest BCUT2D eigenvalue weighted by Crippen LogP contribution is -2.14. The second-order valence-corrected chi connectivity index (χ2v) is 15.0. The Morgan fingerprint density at radius 3 is 1.66 bits per heavy atom. The molecule has 11 rings (SSSR count). The van der Waals surface area contributed by atoms with Crippen molar-refractivity contribution < 1.29 is 0 Å². The van der Waals surface area contributed by atoms with Gasteiger partial charge in [0, 0.05) is 38.3 Å². The highest BCUT2D eigenvalue weighted by molar-refractivity contribution is 6.13. The van der Waals surface area contributed by atoms with E-state index < -0.39 is 0 Å². The molecule has 0 spiro atoms. The van der Waals surface area contributed by atoms with Crippen LogP contribution in [0.5, 0.6) is 0 Å². The monoisotopic (exact) mass is 676 g/mol. The molecule has 2 heterocycles. The summed E-state index contributed by atoms with van der Waals surface area (Å²) < 4.78 is 4.86. The summed E-state index contributed by atoms with van der Waals surface area (Å²) >= 11 is 0. The molecule has 0 amide bonds. The van der Waals surface area contributed by atoms with E-state index in [1.54, 1.807) is 0 Å². The van der Waals surface area contributed by atoms with Gasteiger partial charge in [-0.25, -0.2) is 0 Å². The van der Waals surface area contributed by atoms with Crippen LogP contribution in [-0.4, -0.2) is 9.13 Å². The van der Waals surface area contributed by atoms with E-state index in [1.807, 2.05) is 0 Å². The minimum atomic E-state index is -0.0867. The van der Waals surface area contributed by atoms with Crippen molar-refractivity contribution in [2.75, 3.05) is 0 Å². The van der Waals surface area contributed by atoms with Gasteiger partial charge in [0.1, 0.15) is 0 Å². The molecule has 0 N–H and O–H groups in total. The zero-order chi connectivity index (χ0) is 35.3. The largest absolute Gasteiger partial charge is 0.309 e. The van der Waals surface area contributed by atoms with Crippen LogP contribution in [0.1, 0.15) is 25.0 Å². The van der Waals surface area contributed by atoms with E-state index in [1.165, 1.54) is 99.5 Å². The summed E-state index contributed by atoms with van der Waals surface area (Å²) in [5.41, 5.74) is 17.5. The number of hydrogen-bond acceptors (Lipinski definition) is 0. The number of aromatic nitrogens is 2. The first-order valence-corrected chi connectivity index (χ1v) is 18.5. The lowest BCUT2D eigenvalue weighted by Gasteiger charge is -2.21. The summed E-state index contributed by atoms with van der Waals surface area (Å²) in [4.78, 5) is 0. The van der Waals surface area contributed by atoms with E-state index in [0.717, 1.165) is 0 Å². The lowest BCUT2D eigenvalue weighted by molar-refractivity contribution is 0.661. The number of benzene rings is 8. The smallest absolute Gasteiger partial charge is 0.0544 e. The summed E-state index contributed by atoms with van der Waals surface area (Å²) in [6.07, 6.45) is 0. The first kappa shape index (κ1) is 30.0. The van der Waals surface area contributed by atoms with Gasteiger partial charge in [-0.05, 0) is 105 Å². The van der Waals surface area contributed by atoms with Crippen molar-refractivity contribution >= 4 is 43.6 Å². The number of para-hydroxylation sites is 2. The van der Waals surface area contributed by atoms with Crippen LogP contribution in [0.4, 0.5) is 0 Å². The van der Waals surface area contributed by atoms with Gasteiger partial charge in [0.25, 0.3) is 0 Å². The molecule has 0 atom stereocenters. The second-order valence-electron chi connectivity index (χ2n) is 15.0. The Bertz CT molecular complexity index is 3010. The number of hydrogen-bond donors (Lipinski definition) is 0. The van der Waals surface area contributed by atoms with Gasteiger partial charge >= 0.3 is 0 Å². The van der Waals surface area contributed by atoms with E-state index >= 15 is 0 Å². The first-order chi connectivity index (χ1) is 26.0. The molecular weight excluding hydrogens is 641 g/mol. The molecule has 2 nitrogen and oxygen atoms in total. The highest BCUT2D eigenvalue weighted by Crippen LogP contribution is 2.51. The predicted octanol–water partition coefficient (Wildman–Crippen LogP) is 13.5. The average Bonchev–Trinajstić information content (AvgIpc) is 3.80. The van der Waals surface area contributed by atoms with Gasteiger partial charge in [0.15, 0.2) is 0 Å². The summed E-state index contributed by atoms with van der Waals surface area (Å²) in [6.45, 7) is 4.74. The molecule has 1 aliphatic carbocycles. The number of nitrogens with zero attached hydrogens (tertiary/aromatic N) is 2. The van der Waals surface area contributed by atoms with Crippen LogP contribution >= 0.6 is 0 Å². The van der Waals surface area contributed by atoms with Crippen molar-refractivity contribution in [2.24, 2.45) is 0 Å². The average molecular weight is 677 g/mol. The van der Waals surface area contributed by atoms with Crippen LogP contribution in [0, 0.1) is 0 Å². The second kappa shape index (κ2) is 11.2. The molecule has 2 aromatic heterocycles. The van der Waals surface area contributed by atoms with Crippen molar-refractivity contribution in [1.82, 2.24) is 9.13 Å². The summed E-state index contributed by atoms with van der Waals surface area (Å²) in [5, 5.41) is 5.10. The van der Waals surface area contributed by atoms with Gasteiger partial charge in [-0.15, -0.1) is 0 Å². The Balaban J connectivity index is 1.11. The van der Waals surface area contributed by atoms with Gasteiger partial charge in [-0.1, -0.05) is 135 Å². The Hall–Kier alpha value is -6.64. The quantitative estimate of drug-likeness (QED) is 0.176. The topological polar surface area (TPSA) is 9.86 Å². The zero-order valence-electron chi connectivity index (χ0n) is 29.7. The van der Waals surface area contributed by atoms with E-state index in [0.29, 0.717) is 0 Å². The molecule has 53 heavy (non-hydrogen) atoms. The standard InChI is InChI=1S/C51H36N2/c1-51(2)45-20-9-6-17-39(45)42-31-44-43-30-36(34-23-26-37(27-24-34)52-47-21-10-7-18-40(47)41-19-8-11-22-48(41)52)25-28-49(43)53(50(44)32-46(42)51)38-16-12-15-35(29-38)33-13-4-3-5-14-33/h3-32H,1-2H3. The fraction of sp³-hybridized carbons (Fsp3) is 0.0588. The molecule has 0 bridgehead atoms. The van der Waals surface area contributed by atoms with Crippen LogP contribution < -0.4 is 0 Å². The lowest BCUT2D eigenvalue weighted by atomic mass is 9.82. The minimum absolute atomic E-state index is 0.0867. The minimum Gasteiger partial charge on any atom is -0.309 e. The van der Waals surface area contributed by atoms with Crippen molar-refractivity contribution in [1.29, 1.82) is 0 Å². The molecule has 0 radical (unpaired) electrons. The van der Waals surface area contributed by atoms with Gasteiger partial charge in [0.05, 0.1) is 22.1 Å². The SMILES string of the molecule is CC1(C)c2ccccc2-c2cc3c4cc(-c5ccc(-n6c7ccccc7c7ccccc76)cc5)ccc4n(-c4cccc(-c5ccccc5)c4)c3cc21. The van der Waals surface area contributed by atoms with Crippen molar-refractivity contribution in [3.8, 4) is 44.8 Å². The number of fused-ring (bicyclic) bond motifs is 9. The maximum atomic E-state index is 2.48. The predicted molar refractivity (Wildman–Crippen MR) is 224 cm³/mol. The third-order valence-electron chi connectivity index (χ3n) is 11.7. The van der Waals surface area contributed by atoms with Crippen LogP contribution in [0.15, 0.2) is 182 Å². The molecule has 1 aliphatic rings. The Morgan fingerprint density at radius 1 is 0.321 bits per heavy atom. The highest BCUT2D eigenvalue weighted by atomic mass is 15.0. The normalized spacial score (nSPS) is 13.2. The number of rotatable bonds is 4. The van der Waals surface area contributed by atoms with E-state index in [-0.39, 0.29) is 5.41 Å². The summed E-state index contributed by atoms with van der Waals surface area (Å²) in [7, 11) is 0. The molecule has 250 valence electrons. The van der Waals surface area contributed by atoms with Gasteiger partial charge in [-0.2, -0.15) is 0 Å². The molecular formula is C51H36N2. The maximum Gasteiger partial charge on any atom is 0.0544 e. The van der Waals surface area contributed by atoms with Gasteiger partial charge in [0.2, 0.25) is 0 Å². The Labute approximate surface area is 308 Å². The van der Waals surface area contributed by atoms with Crippen LogP contribution in [-0.2, 0) is 5.41 Å². The third kappa shape index (κ3) is 4.39. The fourth-order valence-corrected chi connectivity index (χ4v) is 9.13. The van der Waals surface area contributed by atoms with Crippen molar-refractivity contribution in [3.63, 3.8) is 0 Å². The highest BCUT2D eigenvalue weighted by Gasteiger charge is 2.36. The van der Waals surface area contributed by atoms with Crippen LogP contribution in [0.3, 0.4) is 0 Å². The molecule has 0 unspecified atom stereocenters. The van der Waals surface area contributed by atoms with Gasteiger partial charge in [-0.3, -0.25) is 0 Å². The zero-order valence-corrected chi connectivity index (χ0v) is 29.7. The molecule has 0 saturated carbocycles. The maximum absolute atomic E-state index is 2.48. The fourth-order valence-electron chi connectivity index (χ4n) is 9.13. The van der Waals surface area contributed by atoms with E-state index in [9.17, 15) is 0 Å². The van der Waals surface area contributed by atoms with E-state index in [2.05, 4.69) is 205 Å². The summed E-state index contributed by atoms with van der Waals surface area (Å²) in [6, 6.07) is 67.1. The van der Waals surface area contributed by atoms with E-state index in [4.69, 9.17) is 0 Å². The molecule has 0 aliphatic heterocycles. The molecule has 0 saturated heterocycles. The molecule has 2 heteroatoms. The molecule has 10 aromatic rings. The van der Waals surface area contributed by atoms with Crippen molar-refractivity contribution in [3.05, 3.63) is 193 Å². The molecule has 8 aromatic carbocycles. The first-order valence-electron chi connectivity index (χ1n) is 18.5. The van der Waals surface area contributed by atoms with Crippen molar-refractivity contribution in [2.45, 2.75) is 19.3 Å².